The Labute approximate surface area is 234 Å². The van der Waals surface area contributed by atoms with Crippen LogP contribution in [0.15, 0.2) is 59.6 Å². The van der Waals surface area contributed by atoms with E-state index < -0.39 is 28.6 Å². The molecular weight excluding hydrogens is 556 g/mol. The maximum Gasteiger partial charge on any atom is 0.251 e. The third kappa shape index (κ3) is 5.42. The number of hydrogen-bond donors (Lipinski definition) is 1. The minimum absolute atomic E-state index is 0.0230. The Morgan fingerprint density at radius 2 is 1.98 bits per heavy atom. The highest BCUT2D eigenvalue weighted by Crippen LogP contribution is 2.36. The second kappa shape index (κ2) is 11.0. The number of fused-ring (bicyclic) bond motifs is 3. The molecule has 13 heteroatoms. The molecule has 1 atom stereocenters. The molecule has 0 spiro atoms. The molecule has 1 amide bonds. The smallest absolute Gasteiger partial charge is 0.251 e. The summed E-state index contributed by atoms with van der Waals surface area (Å²) < 4.78 is 63.1. The van der Waals surface area contributed by atoms with Crippen LogP contribution in [0.5, 0.6) is 5.75 Å². The number of carbonyl (C=O) groups is 1. The van der Waals surface area contributed by atoms with Crippen molar-refractivity contribution < 1.29 is 31.5 Å². The summed E-state index contributed by atoms with van der Waals surface area (Å²) in [5.41, 5.74) is 1.87. The summed E-state index contributed by atoms with van der Waals surface area (Å²) in [7, 11) is -3.54. The van der Waals surface area contributed by atoms with Gasteiger partial charge in [-0.3, -0.25) is 9.78 Å². The fourth-order valence-electron chi connectivity index (χ4n) is 4.72. The van der Waals surface area contributed by atoms with E-state index >= 15 is 0 Å². The van der Waals surface area contributed by atoms with Crippen LogP contribution < -0.4 is 15.0 Å². The Hall–Kier alpha value is -4.23. The van der Waals surface area contributed by atoms with Crippen LogP contribution in [0.25, 0.3) is 10.9 Å². The average Bonchev–Trinajstić information content (AvgIpc) is 3.15. The van der Waals surface area contributed by atoms with Gasteiger partial charge in [0.2, 0.25) is 0 Å². The molecule has 1 N–H and O–H groups in total. The molecule has 212 valence electrons. The average molecular weight is 582 g/mol. The summed E-state index contributed by atoms with van der Waals surface area (Å²) in [6, 6.07) is 12.9. The predicted molar refractivity (Wildman–Crippen MR) is 145 cm³/mol. The molecule has 2 aliphatic rings. The first kappa shape index (κ1) is 27.0. The highest BCUT2D eigenvalue weighted by Gasteiger charge is 2.26. The number of nitrogens with one attached hydrogen (secondary N) is 1. The minimum Gasteiger partial charge on any atom is -0.488 e. The number of alkyl halides is 2. The number of hydrogen-bond acceptors (Lipinski definition) is 9. The van der Waals surface area contributed by atoms with Crippen molar-refractivity contribution in [3.8, 4) is 5.75 Å². The second-order valence-corrected chi connectivity index (χ2v) is 11.7. The fraction of sp³-hybridized carbons (Fsp3) is 0.286. The van der Waals surface area contributed by atoms with E-state index in [9.17, 15) is 22.0 Å². The number of amides is 1. The zero-order chi connectivity index (χ0) is 28.6. The SMILES string of the molecule is O=C(NCc1cc2nc(N3CCOc4ccc([C@H](F)CF)nc43)ccc2cn1)c1ccc2c(c1)S(=O)(=O)CCOC2. The summed E-state index contributed by atoms with van der Waals surface area (Å²) in [5.74, 6) is 0.765. The lowest BCUT2D eigenvalue weighted by Gasteiger charge is -2.29. The maximum absolute atomic E-state index is 14.0. The van der Waals surface area contributed by atoms with Crippen LogP contribution in [0.4, 0.5) is 20.4 Å². The monoisotopic (exact) mass is 581 g/mol. The van der Waals surface area contributed by atoms with Crippen LogP contribution in [0, 0.1) is 0 Å². The van der Waals surface area contributed by atoms with Crippen LogP contribution in [0.1, 0.15) is 33.5 Å². The zero-order valence-corrected chi connectivity index (χ0v) is 22.5. The molecule has 5 heterocycles. The van der Waals surface area contributed by atoms with Crippen molar-refractivity contribution >= 4 is 38.3 Å². The van der Waals surface area contributed by atoms with Crippen LogP contribution in [0.3, 0.4) is 0 Å². The van der Waals surface area contributed by atoms with E-state index in [1.165, 1.54) is 12.1 Å². The molecule has 41 heavy (non-hydrogen) atoms. The highest BCUT2D eigenvalue weighted by atomic mass is 32.2. The van der Waals surface area contributed by atoms with Crippen molar-refractivity contribution in [2.24, 2.45) is 0 Å². The van der Waals surface area contributed by atoms with Gasteiger partial charge < -0.3 is 19.7 Å². The molecule has 0 fully saturated rings. The van der Waals surface area contributed by atoms with Gasteiger partial charge >= 0.3 is 0 Å². The predicted octanol–water partition coefficient (Wildman–Crippen LogP) is 3.77. The van der Waals surface area contributed by atoms with Gasteiger partial charge in [-0.25, -0.2) is 27.2 Å². The molecule has 10 nitrogen and oxygen atoms in total. The first-order valence-corrected chi connectivity index (χ1v) is 14.6. The Kier molecular flexibility index (Phi) is 7.22. The number of halogens is 2. The molecule has 3 aromatic heterocycles. The van der Waals surface area contributed by atoms with Gasteiger partial charge in [-0.15, -0.1) is 0 Å². The number of rotatable bonds is 6. The summed E-state index contributed by atoms with van der Waals surface area (Å²) in [6.45, 7) is -0.0397. The third-order valence-electron chi connectivity index (χ3n) is 6.89. The highest BCUT2D eigenvalue weighted by molar-refractivity contribution is 7.91. The zero-order valence-electron chi connectivity index (χ0n) is 21.7. The Morgan fingerprint density at radius 3 is 2.83 bits per heavy atom. The van der Waals surface area contributed by atoms with Crippen molar-refractivity contribution in [2.75, 3.05) is 37.1 Å². The standard InChI is InChI=1S/C28H25F2N5O5S/c29-13-21(30)22-4-5-24-27(34-22)35(7-8-40-24)26-6-3-18-14-31-20(12-23(18)33-26)15-32-28(36)17-1-2-19-16-39-9-10-41(37,38)25(19)11-17/h1-6,11-12,14,21H,7-10,13,15-16H2,(H,32,36)/t21-/m1/s1. The molecule has 6 rings (SSSR count). The first-order valence-electron chi connectivity index (χ1n) is 12.9. The van der Waals surface area contributed by atoms with Crippen molar-refractivity contribution in [2.45, 2.75) is 24.2 Å². The van der Waals surface area contributed by atoms with E-state index in [1.54, 1.807) is 41.4 Å². The number of pyridine rings is 3. The maximum atomic E-state index is 14.0. The number of sulfone groups is 1. The van der Waals surface area contributed by atoms with Gasteiger partial charge in [-0.1, -0.05) is 6.07 Å². The number of carbonyl (C=O) groups excluding carboxylic acids is 1. The lowest BCUT2D eigenvalue weighted by atomic mass is 10.1. The Bertz CT molecular complexity index is 1750. The normalized spacial score (nSPS) is 16.7. The van der Waals surface area contributed by atoms with Gasteiger partial charge in [0, 0.05) is 17.1 Å². The van der Waals surface area contributed by atoms with Crippen molar-refractivity contribution in [1.29, 1.82) is 0 Å². The molecule has 4 aromatic rings. The molecule has 0 radical (unpaired) electrons. The molecule has 0 saturated heterocycles. The quantitative estimate of drug-likeness (QED) is 0.362. The van der Waals surface area contributed by atoms with E-state index in [2.05, 4.69) is 15.3 Å². The molecule has 1 aromatic carbocycles. The summed E-state index contributed by atoms with van der Waals surface area (Å²) in [5, 5.41) is 3.55. The van der Waals surface area contributed by atoms with Gasteiger partial charge in [0.15, 0.2) is 27.6 Å². The third-order valence-corrected chi connectivity index (χ3v) is 8.64. The molecule has 0 unspecified atom stereocenters. The summed E-state index contributed by atoms with van der Waals surface area (Å²) >= 11 is 0. The molecule has 2 aliphatic heterocycles. The second-order valence-electron chi connectivity index (χ2n) is 9.59. The topological polar surface area (TPSA) is 124 Å². The largest absolute Gasteiger partial charge is 0.488 e. The van der Waals surface area contributed by atoms with Crippen LogP contribution in [0.2, 0.25) is 0 Å². The van der Waals surface area contributed by atoms with Crippen molar-refractivity contribution in [1.82, 2.24) is 20.3 Å². The van der Waals surface area contributed by atoms with Crippen molar-refractivity contribution in [3.05, 3.63) is 77.2 Å². The minimum atomic E-state index is -3.54. The van der Waals surface area contributed by atoms with E-state index in [0.29, 0.717) is 47.3 Å². The molecular formula is C28H25F2N5O5S. The van der Waals surface area contributed by atoms with E-state index in [-0.39, 0.29) is 41.7 Å². The van der Waals surface area contributed by atoms with Crippen LogP contribution in [-0.2, 0) is 27.7 Å². The van der Waals surface area contributed by atoms with Gasteiger partial charge in [0.25, 0.3) is 5.91 Å². The number of ether oxygens (including phenoxy) is 2. The molecule has 0 bridgehead atoms. The lowest BCUT2D eigenvalue weighted by Crippen LogP contribution is -2.30. The lowest BCUT2D eigenvalue weighted by molar-refractivity contribution is 0.0950. The van der Waals surface area contributed by atoms with E-state index in [0.717, 1.165) is 5.39 Å². The number of aromatic nitrogens is 3. The van der Waals surface area contributed by atoms with E-state index in [1.807, 2.05) is 6.07 Å². The van der Waals surface area contributed by atoms with Gasteiger partial charge in [0.1, 0.15) is 19.1 Å². The number of benzene rings is 1. The summed E-state index contributed by atoms with van der Waals surface area (Å²) in [6.07, 6.45) is -0.192. The van der Waals surface area contributed by atoms with Crippen molar-refractivity contribution in [3.63, 3.8) is 0 Å². The van der Waals surface area contributed by atoms with Crippen LogP contribution >= 0.6 is 0 Å². The van der Waals surface area contributed by atoms with E-state index in [4.69, 9.17) is 14.5 Å². The fourth-order valence-corrected chi connectivity index (χ4v) is 6.11. The van der Waals surface area contributed by atoms with Gasteiger partial charge in [0.05, 0.1) is 53.9 Å². The Morgan fingerprint density at radius 1 is 1.10 bits per heavy atom. The number of anilines is 2. The summed E-state index contributed by atoms with van der Waals surface area (Å²) in [4.78, 5) is 28.2. The van der Waals surface area contributed by atoms with Gasteiger partial charge in [-0.05, 0) is 48.0 Å². The molecule has 0 aliphatic carbocycles. The molecule has 0 saturated carbocycles. The number of nitrogens with zero attached hydrogens (tertiary/aromatic N) is 4. The van der Waals surface area contributed by atoms with Crippen LogP contribution in [-0.4, -0.2) is 61.5 Å². The Balaban J connectivity index is 1.22. The first-order chi connectivity index (χ1) is 19.8. The van der Waals surface area contributed by atoms with Gasteiger partial charge in [-0.2, -0.15) is 0 Å².